The van der Waals surface area contributed by atoms with Gasteiger partial charge in [-0.1, -0.05) is 24.3 Å². The van der Waals surface area contributed by atoms with Crippen LogP contribution in [0.25, 0.3) is 0 Å². The lowest BCUT2D eigenvalue weighted by Gasteiger charge is -2.28. The van der Waals surface area contributed by atoms with E-state index >= 15 is 0 Å². The molecule has 3 aromatic rings. The average Bonchev–Trinajstić information content (AvgIpc) is 2.84. The van der Waals surface area contributed by atoms with Gasteiger partial charge in [-0.25, -0.2) is 13.4 Å². The molecule has 0 saturated carbocycles. The van der Waals surface area contributed by atoms with Gasteiger partial charge < -0.3 is 14.6 Å². The summed E-state index contributed by atoms with van der Waals surface area (Å²) < 4.78 is 39.7. The lowest BCUT2D eigenvalue weighted by molar-refractivity contribution is 0.167. The molecule has 2 aromatic carbocycles. The second kappa shape index (κ2) is 11.2. The van der Waals surface area contributed by atoms with Crippen molar-refractivity contribution in [2.45, 2.75) is 31.4 Å². The lowest BCUT2D eigenvalue weighted by atomic mass is 10.2. The van der Waals surface area contributed by atoms with Crippen LogP contribution in [0.3, 0.4) is 0 Å². The minimum Gasteiger partial charge on any atom is -0.497 e. The molecule has 0 bridgehead atoms. The molecule has 33 heavy (non-hydrogen) atoms. The van der Waals surface area contributed by atoms with Gasteiger partial charge in [0.25, 0.3) is 0 Å². The molecule has 0 spiro atoms. The van der Waals surface area contributed by atoms with Crippen LogP contribution < -0.4 is 9.47 Å². The Balaban J connectivity index is 1.91. The van der Waals surface area contributed by atoms with Gasteiger partial charge in [0, 0.05) is 13.1 Å². The van der Waals surface area contributed by atoms with Crippen molar-refractivity contribution in [3.8, 4) is 11.5 Å². The zero-order valence-corrected chi connectivity index (χ0v) is 21.5. The Morgan fingerprint density at radius 2 is 1.39 bits per heavy atom. The predicted molar refractivity (Wildman–Crippen MR) is 133 cm³/mol. The molecule has 0 aliphatic heterocycles. The highest BCUT2D eigenvalue weighted by atomic mass is 127. The number of aliphatic hydroxyl groups is 1. The Morgan fingerprint density at radius 1 is 0.909 bits per heavy atom. The molecular weight excluding hydrogens is 557 g/mol. The molecule has 176 valence electrons. The first-order valence-electron chi connectivity index (χ1n) is 10.1. The van der Waals surface area contributed by atoms with Crippen LogP contribution in [0.2, 0.25) is 0 Å². The fraction of sp³-hybridized carbons (Fsp3) is 0.304. The number of methoxy groups -OCH3 is 2. The van der Waals surface area contributed by atoms with Gasteiger partial charge in [0.15, 0.2) is 0 Å². The highest BCUT2D eigenvalue weighted by Gasteiger charge is 2.35. The molecule has 0 aliphatic carbocycles. The van der Waals surface area contributed by atoms with Crippen molar-refractivity contribution in [3.63, 3.8) is 0 Å². The van der Waals surface area contributed by atoms with E-state index in [4.69, 9.17) is 9.47 Å². The molecule has 0 unspecified atom stereocenters. The van der Waals surface area contributed by atoms with Crippen molar-refractivity contribution in [3.05, 3.63) is 81.4 Å². The Labute approximate surface area is 207 Å². The average molecular weight is 583 g/mol. The van der Waals surface area contributed by atoms with Crippen LogP contribution in [0.15, 0.2) is 60.9 Å². The largest absolute Gasteiger partial charge is 0.497 e. The van der Waals surface area contributed by atoms with Gasteiger partial charge in [-0.2, -0.15) is 4.31 Å². The van der Waals surface area contributed by atoms with Crippen LogP contribution in [0, 0.1) is 3.70 Å². The Kier molecular flexibility index (Phi) is 8.63. The van der Waals surface area contributed by atoms with Gasteiger partial charge in [-0.05, 0) is 64.9 Å². The van der Waals surface area contributed by atoms with Crippen molar-refractivity contribution < 1.29 is 23.0 Å². The number of benzene rings is 2. The zero-order valence-electron chi connectivity index (χ0n) is 18.6. The number of sulfonamides is 1. The Hall–Kier alpha value is -2.28. The molecule has 1 heterocycles. The van der Waals surface area contributed by atoms with Crippen LogP contribution in [0.5, 0.6) is 11.5 Å². The topological polar surface area (TPSA) is 102 Å². The van der Waals surface area contributed by atoms with Crippen molar-refractivity contribution in [1.29, 1.82) is 0 Å². The summed E-state index contributed by atoms with van der Waals surface area (Å²) in [7, 11) is -0.784. The maximum Gasteiger partial charge on any atom is 0.220 e. The Bertz CT molecular complexity index is 1090. The standard InChI is InChI=1S/C23H26IN3O5S/c1-16(23(28)21-12-26-22(24)13-25-21)33(29,30)27(14-17-4-8-19(31-2)9-5-17)15-18-6-10-20(32-3)11-7-18/h4-13,16,23,28H,14-15H2,1-3H3/t16-,23-/m1/s1. The van der Waals surface area contributed by atoms with E-state index in [1.54, 1.807) is 38.5 Å². The molecule has 3 rings (SSSR count). The molecule has 0 aliphatic rings. The maximum absolute atomic E-state index is 13.6. The molecule has 1 N–H and O–H groups in total. The fourth-order valence-electron chi connectivity index (χ4n) is 3.22. The summed E-state index contributed by atoms with van der Waals surface area (Å²) in [5, 5.41) is 9.65. The minimum absolute atomic E-state index is 0.133. The molecule has 0 amide bonds. The minimum atomic E-state index is -3.94. The van der Waals surface area contributed by atoms with Crippen LogP contribution in [-0.4, -0.2) is 47.3 Å². The van der Waals surface area contributed by atoms with Crippen LogP contribution in [0.1, 0.15) is 29.8 Å². The van der Waals surface area contributed by atoms with E-state index in [9.17, 15) is 13.5 Å². The predicted octanol–water partition coefficient (Wildman–Crippen LogP) is 3.55. The number of rotatable bonds is 10. The smallest absolute Gasteiger partial charge is 0.220 e. The van der Waals surface area contributed by atoms with Crippen LogP contribution in [0.4, 0.5) is 0 Å². The van der Waals surface area contributed by atoms with Gasteiger partial charge in [0.2, 0.25) is 10.0 Å². The molecule has 0 saturated heterocycles. The summed E-state index contributed by atoms with van der Waals surface area (Å²) in [6, 6.07) is 14.4. The van der Waals surface area contributed by atoms with E-state index in [1.807, 2.05) is 46.9 Å². The summed E-state index contributed by atoms with van der Waals surface area (Å²) >= 11 is 2.00. The van der Waals surface area contributed by atoms with Crippen LogP contribution in [-0.2, 0) is 23.1 Å². The third-order valence-electron chi connectivity index (χ3n) is 5.25. The van der Waals surface area contributed by atoms with E-state index < -0.39 is 21.4 Å². The van der Waals surface area contributed by atoms with E-state index in [1.165, 1.54) is 23.6 Å². The van der Waals surface area contributed by atoms with Gasteiger partial charge in [0.1, 0.15) is 26.6 Å². The number of hydrogen-bond acceptors (Lipinski definition) is 7. The van der Waals surface area contributed by atoms with Gasteiger partial charge in [-0.3, -0.25) is 4.98 Å². The molecule has 2 atom stereocenters. The van der Waals surface area contributed by atoms with Crippen molar-refractivity contribution in [2.24, 2.45) is 0 Å². The quantitative estimate of drug-likeness (QED) is 0.365. The molecule has 8 nitrogen and oxygen atoms in total. The number of halogens is 1. The fourth-order valence-corrected chi connectivity index (χ4v) is 5.09. The third-order valence-corrected chi connectivity index (χ3v) is 7.99. The van der Waals surface area contributed by atoms with E-state index in [0.717, 1.165) is 11.1 Å². The molecule has 0 radical (unpaired) electrons. The zero-order chi connectivity index (χ0) is 24.0. The van der Waals surface area contributed by atoms with Crippen molar-refractivity contribution in [1.82, 2.24) is 14.3 Å². The number of ether oxygens (including phenoxy) is 2. The third kappa shape index (κ3) is 6.40. The highest BCUT2D eigenvalue weighted by molar-refractivity contribution is 14.1. The molecule has 1 aromatic heterocycles. The first-order valence-corrected chi connectivity index (χ1v) is 12.7. The highest BCUT2D eigenvalue weighted by Crippen LogP contribution is 2.26. The summed E-state index contributed by atoms with van der Waals surface area (Å²) in [4.78, 5) is 8.26. The first kappa shape index (κ1) is 25.3. The number of nitrogens with zero attached hydrogens (tertiary/aromatic N) is 3. The summed E-state index contributed by atoms with van der Waals surface area (Å²) in [6.45, 7) is 1.75. The van der Waals surface area contributed by atoms with Gasteiger partial charge >= 0.3 is 0 Å². The second-order valence-electron chi connectivity index (χ2n) is 7.42. The summed E-state index contributed by atoms with van der Waals surface area (Å²) in [5.41, 5.74) is 1.80. The molecule has 10 heteroatoms. The SMILES string of the molecule is COc1ccc(CN(Cc2ccc(OC)cc2)S(=O)(=O)[C@H](C)[C@@H](O)c2cnc(I)cn2)cc1. The van der Waals surface area contributed by atoms with E-state index in [2.05, 4.69) is 9.97 Å². The Morgan fingerprint density at radius 3 is 1.79 bits per heavy atom. The summed E-state index contributed by atoms with van der Waals surface area (Å²) in [6.07, 6.45) is 1.56. The van der Waals surface area contributed by atoms with E-state index in [0.29, 0.717) is 15.2 Å². The monoisotopic (exact) mass is 583 g/mol. The number of hydrogen-bond donors (Lipinski definition) is 1. The maximum atomic E-state index is 13.6. The molecule has 0 fully saturated rings. The summed E-state index contributed by atoms with van der Waals surface area (Å²) in [5.74, 6) is 1.37. The van der Waals surface area contributed by atoms with Crippen molar-refractivity contribution >= 4 is 32.6 Å². The second-order valence-corrected chi connectivity index (χ2v) is 10.8. The number of aliphatic hydroxyl groups excluding tert-OH is 1. The van der Waals surface area contributed by atoms with Crippen molar-refractivity contribution in [2.75, 3.05) is 14.2 Å². The van der Waals surface area contributed by atoms with Gasteiger partial charge in [0.05, 0.1) is 32.3 Å². The number of aromatic nitrogens is 2. The first-order chi connectivity index (χ1) is 15.7. The normalized spacial score (nSPS) is 13.5. The van der Waals surface area contributed by atoms with Gasteiger partial charge in [-0.15, -0.1) is 0 Å². The molecular formula is C23H26IN3O5S. The van der Waals surface area contributed by atoms with E-state index in [-0.39, 0.29) is 18.8 Å². The lowest BCUT2D eigenvalue weighted by Crippen LogP contribution is -2.39. The van der Waals surface area contributed by atoms with Crippen LogP contribution >= 0.6 is 22.6 Å².